The third-order valence-electron chi connectivity index (χ3n) is 6.26. The molecule has 1 N–H and O–H groups in total. The van der Waals surface area contributed by atoms with Crippen LogP contribution in [-0.4, -0.2) is 41.2 Å². The van der Waals surface area contributed by atoms with Gasteiger partial charge in [-0.2, -0.15) is 0 Å². The minimum atomic E-state index is -0.0874. The maximum atomic E-state index is 13.1. The number of hydrogen-bond acceptors (Lipinski definition) is 3. The van der Waals surface area contributed by atoms with Crippen LogP contribution in [0, 0.1) is 5.41 Å². The molecule has 3 aliphatic rings. The van der Waals surface area contributed by atoms with E-state index in [2.05, 4.69) is 11.8 Å². The summed E-state index contributed by atoms with van der Waals surface area (Å²) in [6.07, 6.45) is 5.99. The molecule has 0 aromatic heterocycles. The molecule has 1 aromatic carbocycles. The van der Waals surface area contributed by atoms with Crippen molar-refractivity contribution in [2.24, 2.45) is 5.41 Å². The topological polar surface area (TPSA) is 49.8 Å². The lowest BCUT2D eigenvalue weighted by Gasteiger charge is -2.34. The second kappa shape index (κ2) is 5.52. The summed E-state index contributed by atoms with van der Waals surface area (Å²) < 4.78 is 5.65. The van der Waals surface area contributed by atoms with Crippen molar-refractivity contribution in [1.82, 2.24) is 4.90 Å². The molecule has 124 valence electrons. The Kier molecular flexibility index (Phi) is 3.60. The second-order valence-corrected chi connectivity index (χ2v) is 7.31. The predicted octanol–water partition coefficient (Wildman–Crippen LogP) is 2.78. The summed E-state index contributed by atoms with van der Waals surface area (Å²) in [5.41, 5.74) is 1.84. The fraction of sp³-hybridized carbons (Fsp3) is 0.632. The molecule has 1 amide bonds. The zero-order chi connectivity index (χ0) is 16.0. The highest BCUT2D eigenvalue weighted by molar-refractivity contribution is 5.95. The second-order valence-electron chi connectivity index (χ2n) is 7.31. The zero-order valence-corrected chi connectivity index (χ0v) is 13.8. The van der Waals surface area contributed by atoms with Crippen molar-refractivity contribution in [3.63, 3.8) is 0 Å². The lowest BCUT2D eigenvalue weighted by atomic mass is 9.72. The lowest BCUT2D eigenvalue weighted by molar-refractivity contribution is 0.0557. The number of aryl methyl sites for hydroxylation is 1. The van der Waals surface area contributed by atoms with E-state index in [4.69, 9.17) is 4.74 Å². The Labute approximate surface area is 137 Å². The summed E-state index contributed by atoms with van der Waals surface area (Å²) in [6, 6.07) is 6.35. The number of benzene rings is 1. The van der Waals surface area contributed by atoms with Gasteiger partial charge in [-0.15, -0.1) is 0 Å². The van der Waals surface area contributed by atoms with Crippen LogP contribution < -0.4 is 4.74 Å². The number of carbonyl (C=O) groups excluding carboxylic acids is 1. The average Bonchev–Trinajstić information content (AvgIpc) is 3.16. The fourth-order valence-corrected chi connectivity index (χ4v) is 4.90. The molecule has 2 saturated heterocycles. The number of hydrogen-bond donors (Lipinski definition) is 1. The standard InChI is InChI=1S/C19H25NO3/c1-2-19(12-21)11-15-6-8-17(19)20(15)18(22)14-5-7-16-13(10-14)4-3-9-23-16/h5,7,10,15,17,21H,2-4,6,8-9,11-12H2,1H3/t15-,17+,19-/m1/s1. The Bertz CT molecular complexity index is 623. The Morgan fingerprint density at radius 1 is 1.43 bits per heavy atom. The molecule has 4 heteroatoms. The summed E-state index contributed by atoms with van der Waals surface area (Å²) in [5, 5.41) is 9.91. The maximum Gasteiger partial charge on any atom is 0.254 e. The normalized spacial score (nSPS) is 31.8. The Balaban J connectivity index is 1.63. The van der Waals surface area contributed by atoms with Crippen molar-refractivity contribution >= 4 is 5.91 Å². The van der Waals surface area contributed by atoms with Gasteiger partial charge in [0.2, 0.25) is 0 Å². The lowest BCUT2D eigenvalue weighted by Crippen LogP contribution is -2.42. The third kappa shape index (κ3) is 2.18. The Morgan fingerprint density at radius 3 is 3.04 bits per heavy atom. The molecule has 1 aromatic rings. The smallest absolute Gasteiger partial charge is 0.254 e. The van der Waals surface area contributed by atoms with E-state index in [9.17, 15) is 9.90 Å². The first-order chi connectivity index (χ1) is 11.2. The quantitative estimate of drug-likeness (QED) is 0.933. The van der Waals surface area contributed by atoms with Crippen molar-refractivity contribution in [2.75, 3.05) is 13.2 Å². The van der Waals surface area contributed by atoms with E-state index in [-0.39, 0.29) is 24.0 Å². The molecule has 0 spiro atoms. The van der Waals surface area contributed by atoms with Crippen LogP contribution in [0.15, 0.2) is 18.2 Å². The molecule has 0 unspecified atom stereocenters. The summed E-state index contributed by atoms with van der Waals surface area (Å²) in [6.45, 7) is 3.09. The van der Waals surface area contributed by atoms with Crippen molar-refractivity contribution in [3.05, 3.63) is 29.3 Å². The Morgan fingerprint density at radius 2 is 2.30 bits per heavy atom. The molecule has 0 saturated carbocycles. The largest absolute Gasteiger partial charge is 0.493 e. The predicted molar refractivity (Wildman–Crippen MR) is 87.7 cm³/mol. The van der Waals surface area contributed by atoms with Crippen LogP contribution in [-0.2, 0) is 6.42 Å². The average molecular weight is 315 g/mol. The van der Waals surface area contributed by atoms with Gasteiger partial charge < -0.3 is 14.7 Å². The minimum Gasteiger partial charge on any atom is -0.493 e. The van der Waals surface area contributed by atoms with Gasteiger partial charge in [0.05, 0.1) is 13.2 Å². The van der Waals surface area contributed by atoms with Crippen LogP contribution in [0.25, 0.3) is 0 Å². The van der Waals surface area contributed by atoms with Crippen molar-refractivity contribution in [1.29, 1.82) is 0 Å². The van der Waals surface area contributed by atoms with Crippen LogP contribution in [0.3, 0.4) is 0 Å². The van der Waals surface area contributed by atoms with Crippen LogP contribution in [0.5, 0.6) is 5.75 Å². The zero-order valence-electron chi connectivity index (χ0n) is 13.8. The highest BCUT2D eigenvalue weighted by Crippen LogP contribution is 2.51. The highest BCUT2D eigenvalue weighted by Gasteiger charge is 2.56. The molecule has 2 bridgehead atoms. The van der Waals surface area contributed by atoms with Gasteiger partial charge in [0, 0.05) is 23.1 Å². The van der Waals surface area contributed by atoms with Gasteiger partial charge in [-0.3, -0.25) is 4.79 Å². The van der Waals surface area contributed by atoms with Crippen molar-refractivity contribution in [3.8, 4) is 5.75 Å². The van der Waals surface area contributed by atoms with Crippen LogP contribution in [0.4, 0.5) is 0 Å². The van der Waals surface area contributed by atoms with E-state index in [1.54, 1.807) is 0 Å². The van der Waals surface area contributed by atoms with E-state index in [1.807, 2.05) is 18.2 Å². The van der Waals surface area contributed by atoms with Gasteiger partial charge in [0.15, 0.2) is 0 Å². The number of fused-ring (bicyclic) bond motifs is 3. The summed E-state index contributed by atoms with van der Waals surface area (Å²) in [4.78, 5) is 15.2. The summed E-state index contributed by atoms with van der Waals surface area (Å²) in [5.74, 6) is 1.06. The molecule has 0 aliphatic carbocycles. The summed E-state index contributed by atoms with van der Waals surface area (Å²) in [7, 11) is 0. The van der Waals surface area contributed by atoms with Gasteiger partial charge in [0.25, 0.3) is 5.91 Å². The molecule has 4 rings (SSSR count). The number of ether oxygens (including phenoxy) is 1. The minimum absolute atomic E-state index is 0.0874. The molecule has 0 radical (unpaired) electrons. The highest BCUT2D eigenvalue weighted by atomic mass is 16.5. The number of aliphatic hydroxyl groups excluding tert-OH is 1. The number of rotatable bonds is 3. The van der Waals surface area contributed by atoms with Gasteiger partial charge in [-0.1, -0.05) is 6.92 Å². The monoisotopic (exact) mass is 315 g/mol. The van der Waals surface area contributed by atoms with E-state index in [1.165, 1.54) is 0 Å². The maximum absolute atomic E-state index is 13.1. The third-order valence-corrected chi connectivity index (χ3v) is 6.26. The fourth-order valence-electron chi connectivity index (χ4n) is 4.90. The van der Waals surface area contributed by atoms with Crippen molar-refractivity contribution in [2.45, 2.75) is 57.5 Å². The van der Waals surface area contributed by atoms with E-state index >= 15 is 0 Å². The molecular formula is C19H25NO3. The molecule has 3 atom stereocenters. The first-order valence-corrected chi connectivity index (χ1v) is 8.88. The van der Waals surface area contributed by atoms with Crippen LogP contribution >= 0.6 is 0 Å². The molecule has 4 nitrogen and oxygen atoms in total. The van der Waals surface area contributed by atoms with E-state index in [0.29, 0.717) is 6.04 Å². The van der Waals surface area contributed by atoms with Crippen molar-refractivity contribution < 1.29 is 14.6 Å². The molecular weight excluding hydrogens is 290 g/mol. The van der Waals surface area contributed by atoms with Gasteiger partial charge >= 0.3 is 0 Å². The van der Waals surface area contributed by atoms with Crippen LogP contribution in [0.2, 0.25) is 0 Å². The van der Waals surface area contributed by atoms with Gasteiger partial charge in [0.1, 0.15) is 5.75 Å². The summed E-state index contributed by atoms with van der Waals surface area (Å²) >= 11 is 0. The number of amides is 1. The molecule has 3 aliphatic heterocycles. The first-order valence-electron chi connectivity index (χ1n) is 8.88. The number of carbonyl (C=O) groups is 1. The SMILES string of the molecule is CC[C@]1(CO)C[C@H]2CC[C@@H]1N2C(=O)c1ccc2c(c1)CCCO2. The van der Waals surface area contributed by atoms with E-state index in [0.717, 1.165) is 62.0 Å². The van der Waals surface area contributed by atoms with E-state index < -0.39 is 0 Å². The Hall–Kier alpha value is -1.55. The van der Waals surface area contributed by atoms with Gasteiger partial charge in [-0.25, -0.2) is 0 Å². The van der Waals surface area contributed by atoms with Crippen LogP contribution in [0.1, 0.15) is 54.9 Å². The van der Waals surface area contributed by atoms with Gasteiger partial charge in [-0.05, 0) is 62.3 Å². The molecule has 2 fully saturated rings. The number of nitrogens with zero attached hydrogens (tertiary/aromatic N) is 1. The molecule has 23 heavy (non-hydrogen) atoms. The first kappa shape index (κ1) is 15.0. The number of aliphatic hydroxyl groups is 1. The molecule has 3 heterocycles.